The highest BCUT2D eigenvalue weighted by Gasteiger charge is 2.32. The quantitative estimate of drug-likeness (QED) is 0.789. The van der Waals surface area contributed by atoms with Gasteiger partial charge in [0.1, 0.15) is 0 Å². The molecule has 0 atom stereocenters. The standard InChI is InChI=1S/C12H18N2O2S/c1-14(5-6-16-2)10-7-9(13)12(17-10)11(15)8-3-4-8/h7-8H,3-6,13H2,1-2H3. The van der Waals surface area contributed by atoms with Gasteiger partial charge in [0.05, 0.1) is 22.2 Å². The lowest BCUT2D eigenvalue weighted by Gasteiger charge is -2.15. The van der Waals surface area contributed by atoms with Crippen molar-refractivity contribution in [2.45, 2.75) is 12.8 Å². The fourth-order valence-electron chi connectivity index (χ4n) is 1.64. The predicted octanol–water partition coefficient (Wildman–Crippen LogP) is 2.01. The van der Waals surface area contributed by atoms with Crippen LogP contribution in [0.15, 0.2) is 6.07 Å². The highest BCUT2D eigenvalue weighted by Crippen LogP contribution is 2.39. The van der Waals surface area contributed by atoms with E-state index in [1.165, 1.54) is 11.3 Å². The molecule has 1 aliphatic carbocycles. The van der Waals surface area contributed by atoms with Gasteiger partial charge in [0.2, 0.25) is 0 Å². The average molecular weight is 254 g/mol. The van der Waals surface area contributed by atoms with Crippen molar-refractivity contribution in [3.63, 3.8) is 0 Å². The predicted molar refractivity (Wildman–Crippen MR) is 70.9 cm³/mol. The maximum Gasteiger partial charge on any atom is 0.178 e. The lowest BCUT2D eigenvalue weighted by Crippen LogP contribution is -2.20. The van der Waals surface area contributed by atoms with Gasteiger partial charge in [-0.2, -0.15) is 0 Å². The number of methoxy groups -OCH3 is 1. The summed E-state index contributed by atoms with van der Waals surface area (Å²) in [6, 6.07) is 1.88. The molecule has 1 heterocycles. The number of nitrogen functional groups attached to an aromatic ring is 1. The van der Waals surface area contributed by atoms with Crippen molar-refractivity contribution in [2.24, 2.45) is 5.92 Å². The largest absolute Gasteiger partial charge is 0.397 e. The molecule has 17 heavy (non-hydrogen) atoms. The Kier molecular flexibility index (Phi) is 3.69. The fourth-order valence-corrected chi connectivity index (χ4v) is 2.73. The van der Waals surface area contributed by atoms with E-state index in [0.717, 1.165) is 29.3 Å². The average Bonchev–Trinajstić information content (AvgIpc) is 3.08. The summed E-state index contributed by atoms with van der Waals surface area (Å²) < 4.78 is 5.03. The normalized spacial score (nSPS) is 14.9. The second kappa shape index (κ2) is 5.06. The maximum atomic E-state index is 12.0. The first kappa shape index (κ1) is 12.4. The summed E-state index contributed by atoms with van der Waals surface area (Å²) in [4.78, 5) is 14.8. The molecule has 2 rings (SSSR count). The van der Waals surface area contributed by atoms with Crippen LogP contribution in [0.2, 0.25) is 0 Å². The Labute approximate surface area is 105 Å². The number of Topliss-reactive ketones (excluding diaryl/α,β-unsaturated/α-hetero) is 1. The lowest BCUT2D eigenvalue weighted by molar-refractivity contribution is 0.0972. The number of hydrogen-bond acceptors (Lipinski definition) is 5. The van der Waals surface area contributed by atoms with Crippen LogP contribution in [0.4, 0.5) is 10.7 Å². The van der Waals surface area contributed by atoms with E-state index in [0.29, 0.717) is 12.3 Å². The molecule has 1 saturated carbocycles. The Morgan fingerprint density at radius 2 is 2.35 bits per heavy atom. The van der Waals surface area contributed by atoms with Gasteiger partial charge in [-0.25, -0.2) is 0 Å². The van der Waals surface area contributed by atoms with E-state index >= 15 is 0 Å². The summed E-state index contributed by atoms with van der Waals surface area (Å²) in [5, 5.41) is 1.03. The van der Waals surface area contributed by atoms with Gasteiger partial charge >= 0.3 is 0 Å². The van der Waals surface area contributed by atoms with Crippen LogP contribution in [0.1, 0.15) is 22.5 Å². The van der Waals surface area contributed by atoms with Crippen molar-refractivity contribution >= 4 is 27.8 Å². The molecule has 0 unspecified atom stereocenters. The van der Waals surface area contributed by atoms with E-state index in [9.17, 15) is 4.79 Å². The molecule has 0 aliphatic heterocycles. The first-order valence-corrected chi connectivity index (χ1v) is 6.58. The highest BCUT2D eigenvalue weighted by atomic mass is 32.1. The number of nitrogens with zero attached hydrogens (tertiary/aromatic N) is 1. The Morgan fingerprint density at radius 3 is 2.94 bits per heavy atom. The molecule has 5 heteroatoms. The first-order chi connectivity index (χ1) is 8.13. The zero-order chi connectivity index (χ0) is 12.4. The molecule has 0 spiro atoms. The molecule has 1 fully saturated rings. The molecule has 1 aromatic heterocycles. The summed E-state index contributed by atoms with van der Waals surface area (Å²) in [6.07, 6.45) is 2.04. The highest BCUT2D eigenvalue weighted by molar-refractivity contribution is 7.18. The molecule has 0 amide bonds. The van der Waals surface area contributed by atoms with Gasteiger partial charge < -0.3 is 15.4 Å². The lowest BCUT2D eigenvalue weighted by atomic mass is 10.2. The van der Waals surface area contributed by atoms with Gasteiger partial charge in [-0.05, 0) is 18.9 Å². The fraction of sp³-hybridized carbons (Fsp3) is 0.583. The monoisotopic (exact) mass is 254 g/mol. The molecule has 0 aromatic carbocycles. The number of hydrogen-bond donors (Lipinski definition) is 1. The van der Waals surface area contributed by atoms with E-state index in [2.05, 4.69) is 4.90 Å². The molecule has 0 saturated heterocycles. The van der Waals surface area contributed by atoms with Gasteiger partial charge in [-0.1, -0.05) is 0 Å². The van der Waals surface area contributed by atoms with Crippen molar-refractivity contribution in [1.29, 1.82) is 0 Å². The summed E-state index contributed by atoms with van der Waals surface area (Å²) in [5.74, 6) is 0.451. The Hall–Kier alpha value is -1.07. The first-order valence-electron chi connectivity index (χ1n) is 5.77. The number of thiophene rings is 1. The Bertz CT molecular complexity index is 413. The van der Waals surface area contributed by atoms with E-state index in [4.69, 9.17) is 10.5 Å². The van der Waals surface area contributed by atoms with E-state index in [1.807, 2.05) is 13.1 Å². The van der Waals surface area contributed by atoms with Crippen molar-refractivity contribution in [2.75, 3.05) is 37.9 Å². The van der Waals surface area contributed by atoms with Crippen molar-refractivity contribution in [3.8, 4) is 0 Å². The minimum atomic E-state index is 0.221. The van der Waals surface area contributed by atoms with Crippen LogP contribution in [0, 0.1) is 5.92 Å². The van der Waals surface area contributed by atoms with Crippen LogP contribution in [0.25, 0.3) is 0 Å². The van der Waals surface area contributed by atoms with E-state index < -0.39 is 0 Å². The molecule has 2 N–H and O–H groups in total. The van der Waals surface area contributed by atoms with Gasteiger partial charge in [-0.3, -0.25) is 4.79 Å². The SMILES string of the molecule is COCCN(C)c1cc(N)c(C(=O)C2CC2)s1. The van der Waals surface area contributed by atoms with Crippen LogP contribution in [0.5, 0.6) is 0 Å². The van der Waals surface area contributed by atoms with Crippen molar-refractivity contribution in [1.82, 2.24) is 0 Å². The number of rotatable bonds is 6. The second-order valence-corrected chi connectivity index (χ2v) is 5.45. The molecular weight excluding hydrogens is 236 g/mol. The third-order valence-corrected chi connectivity index (χ3v) is 4.21. The molecule has 1 aromatic rings. The minimum absolute atomic E-state index is 0.221. The van der Waals surface area contributed by atoms with E-state index in [1.54, 1.807) is 7.11 Å². The van der Waals surface area contributed by atoms with Gasteiger partial charge in [0.15, 0.2) is 5.78 Å². The number of carbonyl (C=O) groups excluding carboxylic acids is 1. The third kappa shape index (κ3) is 2.79. The van der Waals surface area contributed by atoms with Crippen LogP contribution in [-0.2, 0) is 4.74 Å². The molecule has 0 bridgehead atoms. The van der Waals surface area contributed by atoms with Crippen LogP contribution >= 0.6 is 11.3 Å². The summed E-state index contributed by atoms with van der Waals surface area (Å²) in [6.45, 7) is 1.47. The summed E-state index contributed by atoms with van der Waals surface area (Å²) in [5.41, 5.74) is 6.52. The zero-order valence-corrected chi connectivity index (χ0v) is 11.0. The minimum Gasteiger partial charge on any atom is -0.397 e. The maximum absolute atomic E-state index is 12.0. The molecule has 4 nitrogen and oxygen atoms in total. The molecular formula is C12H18N2O2S. The molecule has 94 valence electrons. The topological polar surface area (TPSA) is 55.6 Å². The molecule has 0 radical (unpaired) electrons. The van der Waals surface area contributed by atoms with E-state index in [-0.39, 0.29) is 11.7 Å². The van der Waals surface area contributed by atoms with Crippen LogP contribution < -0.4 is 10.6 Å². The van der Waals surface area contributed by atoms with Gasteiger partial charge in [-0.15, -0.1) is 11.3 Å². The molecule has 1 aliphatic rings. The number of anilines is 2. The number of ketones is 1. The smallest absolute Gasteiger partial charge is 0.178 e. The van der Waals surface area contributed by atoms with Crippen molar-refractivity contribution in [3.05, 3.63) is 10.9 Å². The second-order valence-electron chi connectivity index (χ2n) is 4.42. The van der Waals surface area contributed by atoms with Crippen LogP contribution in [0.3, 0.4) is 0 Å². The summed E-state index contributed by atoms with van der Waals surface area (Å²) >= 11 is 1.49. The zero-order valence-electron chi connectivity index (χ0n) is 10.2. The number of nitrogens with two attached hydrogens (primary N) is 1. The number of ether oxygens (including phenoxy) is 1. The van der Waals surface area contributed by atoms with Crippen LogP contribution in [-0.4, -0.2) is 33.1 Å². The Morgan fingerprint density at radius 1 is 1.65 bits per heavy atom. The van der Waals surface area contributed by atoms with Gasteiger partial charge in [0.25, 0.3) is 0 Å². The van der Waals surface area contributed by atoms with Crippen molar-refractivity contribution < 1.29 is 9.53 Å². The number of likely N-dealkylation sites (N-methyl/N-ethyl adjacent to an activating group) is 1. The number of carbonyl (C=O) groups is 1. The van der Waals surface area contributed by atoms with Gasteiger partial charge in [0, 0.05) is 26.6 Å². The summed E-state index contributed by atoms with van der Waals surface area (Å²) in [7, 11) is 3.66. The third-order valence-electron chi connectivity index (χ3n) is 2.93. The Balaban J connectivity index is 2.09.